The predicted octanol–water partition coefficient (Wildman–Crippen LogP) is 4.30. The van der Waals surface area contributed by atoms with Gasteiger partial charge in [0, 0.05) is 48.8 Å². The number of anilines is 2. The Morgan fingerprint density at radius 1 is 0.967 bits per heavy atom. The molecule has 6 nitrogen and oxygen atoms in total. The first kappa shape index (κ1) is 18.8. The summed E-state index contributed by atoms with van der Waals surface area (Å²) < 4.78 is 7.54. The summed E-state index contributed by atoms with van der Waals surface area (Å²) in [5.41, 5.74) is 5.50. The second-order valence-electron chi connectivity index (χ2n) is 7.70. The highest BCUT2D eigenvalue weighted by Crippen LogP contribution is 2.22. The molecule has 0 aliphatic carbocycles. The second-order valence-corrected chi connectivity index (χ2v) is 7.70. The van der Waals surface area contributed by atoms with Crippen LogP contribution in [0.3, 0.4) is 0 Å². The maximum Gasteiger partial charge on any atom is 0.229 e. The molecular formula is C24H25N5O. The van der Waals surface area contributed by atoms with Crippen LogP contribution in [0.4, 0.5) is 11.6 Å². The lowest BCUT2D eigenvalue weighted by atomic mass is 10.2. The smallest absolute Gasteiger partial charge is 0.229 e. The van der Waals surface area contributed by atoms with Gasteiger partial charge in [0.1, 0.15) is 5.65 Å². The second kappa shape index (κ2) is 8.26. The Balaban J connectivity index is 1.37. The van der Waals surface area contributed by atoms with E-state index in [4.69, 9.17) is 9.72 Å². The molecule has 4 aromatic rings. The number of hydrogen-bond donors (Lipinski definition) is 1. The van der Waals surface area contributed by atoms with Crippen molar-refractivity contribution in [3.63, 3.8) is 0 Å². The molecule has 1 aliphatic rings. The third kappa shape index (κ3) is 4.06. The molecule has 152 valence electrons. The fourth-order valence-electron chi connectivity index (χ4n) is 3.73. The molecule has 0 atom stereocenters. The number of rotatable bonds is 5. The van der Waals surface area contributed by atoms with E-state index in [1.165, 1.54) is 11.1 Å². The van der Waals surface area contributed by atoms with E-state index in [0.29, 0.717) is 5.95 Å². The SMILES string of the molecule is Cc1ccc(Nc2ncc3ccn(-c4ccc(CN5CCOCC5)cc4)c3n2)cc1. The highest BCUT2D eigenvalue weighted by Gasteiger charge is 2.11. The van der Waals surface area contributed by atoms with Crippen LogP contribution in [0.25, 0.3) is 16.7 Å². The summed E-state index contributed by atoms with van der Waals surface area (Å²) in [4.78, 5) is 11.7. The first-order chi connectivity index (χ1) is 14.7. The molecule has 5 rings (SSSR count). The van der Waals surface area contributed by atoms with E-state index in [-0.39, 0.29) is 0 Å². The normalized spacial score (nSPS) is 14.8. The number of aryl methyl sites for hydroxylation is 1. The zero-order chi connectivity index (χ0) is 20.3. The average molecular weight is 399 g/mol. The molecule has 0 saturated carbocycles. The first-order valence-electron chi connectivity index (χ1n) is 10.3. The molecule has 0 amide bonds. The summed E-state index contributed by atoms with van der Waals surface area (Å²) in [7, 11) is 0. The lowest BCUT2D eigenvalue weighted by molar-refractivity contribution is 0.0342. The summed E-state index contributed by atoms with van der Waals surface area (Å²) >= 11 is 0. The van der Waals surface area contributed by atoms with Crippen LogP contribution in [-0.2, 0) is 11.3 Å². The molecular weight excluding hydrogens is 374 g/mol. The van der Waals surface area contributed by atoms with Crippen molar-refractivity contribution >= 4 is 22.7 Å². The molecule has 1 fully saturated rings. The van der Waals surface area contributed by atoms with Gasteiger partial charge in [0.25, 0.3) is 0 Å². The molecule has 0 unspecified atom stereocenters. The number of aromatic nitrogens is 3. The van der Waals surface area contributed by atoms with Gasteiger partial charge in [-0.25, -0.2) is 4.98 Å². The van der Waals surface area contributed by atoms with Crippen molar-refractivity contribution in [2.45, 2.75) is 13.5 Å². The number of morpholine rings is 1. The Morgan fingerprint density at radius 3 is 2.50 bits per heavy atom. The van der Waals surface area contributed by atoms with Crippen molar-refractivity contribution in [1.29, 1.82) is 0 Å². The van der Waals surface area contributed by atoms with E-state index in [0.717, 1.165) is 55.3 Å². The Morgan fingerprint density at radius 2 is 1.73 bits per heavy atom. The standard InChI is InChI=1S/C24H25N5O/c1-18-2-6-21(7-3-18)26-24-25-16-20-10-11-29(23(20)27-24)22-8-4-19(5-9-22)17-28-12-14-30-15-13-28/h2-11,16H,12-15,17H2,1H3,(H,25,26,27). The van der Waals surface area contributed by atoms with Gasteiger partial charge in [-0.3, -0.25) is 4.90 Å². The summed E-state index contributed by atoms with van der Waals surface area (Å²) in [6, 6.07) is 19.0. The summed E-state index contributed by atoms with van der Waals surface area (Å²) in [6.45, 7) is 6.68. The number of nitrogens with zero attached hydrogens (tertiary/aromatic N) is 4. The largest absolute Gasteiger partial charge is 0.379 e. The molecule has 1 saturated heterocycles. The van der Waals surface area contributed by atoms with Crippen LogP contribution < -0.4 is 5.32 Å². The molecule has 0 bridgehead atoms. The fourth-order valence-corrected chi connectivity index (χ4v) is 3.73. The lowest BCUT2D eigenvalue weighted by Crippen LogP contribution is -2.35. The van der Waals surface area contributed by atoms with Gasteiger partial charge in [-0.2, -0.15) is 4.98 Å². The number of fused-ring (bicyclic) bond motifs is 1. The minimum atomic E-state index is 0.593. The van der Waals surface area contributed by atoms with Crippen molar-refractivity contribution in [2.24, 2.45) is 0 Å². The monoisotopic (exact) mass is 399 g/mol. The average Bonchev–Trinajstić information content (AvgIpc) is 3.20. The third-order valence-corrected chi connectivity index (χ3v) is 5.46. The highest BCUT2D eigenvalue weighted by atomic mass is 16.5. The van der Waals surface area contributed by atoms with Crippen LogP contribution in [0.15, 0.2) is 67.0 Å². The highest BCUT2D eigenvalue weighted by molar-refractivity contribution is 5.78. The van der Waals surface area contributed by atoms with Crippen molar-refractivity contribution in [2.75, 3.05) is 31.6 Å². The van der Waals surface area contributed by atoms with Crippen molar-refractivity contribution in [1.82, 2.24) is 19.4 Å². The van der Waals surface area contributed by atoms with E-state index in [1.807, 2.05) is 30.6 Å². The van der Waals surface area contributed by atoms with Crippen LogP contribution in [0, 0.1) is 6.92 Å². The van der Waals surface area contributed by atoms with Crippen LogP contribution in [0.5, 0.6) is 0 Å². The minimum Gasteiger partial charge on any atom is -0.379 e. The van der Waals surface area contributed by atoms with E-state index in [2.05, 4.69) is 63.1 Å². The van der Waals surface area contributed by atoms with Gasteiger partial charge in [0.15, 0.2) is 0 Å². The van der Waals surface area contributed by atoms with Crippen LogP contribution in [0.1, 0.15) is 11.1 Å². The quantitative estimate of drug-likeness (QED) is 0.542. The summed E-state index contributed by atoms with van der Waals surface area (Å²) in [5, 5.41) is 4.31. The maximum absolute atomic E-state index is 5.44. The fraction of sp³-hybridized carbons (Fsp3) is 0.250. The number of benzene rings is 2. The Labute approximate surface area is 176 Å². The molecule has 2 aromatic carbocycles. The molecule has 30 heavy (non-hydrogen) atoms. The first-order valence-corrected chi connectivity index (χ1v) is 10.3. The van der Waals surface area contributed by atoms with Crippen LogP contribution in [0.2, 0.25) is 0 Å². The van der Waals surface area contributed by atoms with E-state index in [1.54, 1.807) is 0 Å². The number of hydrogen-bond acceptors (Lipinski definition) is 5. The zero-order valence-electron chi connectivity index (χ0n) is 17.1. The maximum atomic E-state index is 5.44. The van der Waals surface area contributed by atoms with E-state index < -0.39 is 0 Å². The van der Waals surface area contributed by atoms with Gasteiger partial charge in [-0.1, -0.05) is 29.8 Å². The third-order valence-electron chi connectivity index (χ3n) is 5.46. The molecule has 6 heteroatoms. The molecule has 2 aromatic heterocycles. The number of nitrogens with one attached hydrogen (secondary N) is 1. The summed E-state index contributed by atoms with van der Waals surface area (Å²) in [5.74, 6) is 0.593. The van der Waals surface area contributed by atoms with Crippen molar-refractivity contribution < 1.29 is 4.74 Å². The zero-order valence-corrected chi connectivity index (χ0v) is 17.1. The van der Waals surface area contributed by atoms with Gasteiger partial charge in [-0.15, -0.1) is 0 Å². The van der Waals surface area contributed by atoms with Crippen molar-refractivity contribution in [3.05, 3.63) is 78.1 Å². The van der Waals surface area contributed by atoms with Gasteiger partial charge < -0.3 is 14.6 Å². The van der Waals surface area contributed by atoms with Crippen LogP contribution in [-0.4, -0.2) is 45.7 Å². The number of ether oxygens (including phenoxy) is 1. The molecule has 1 aliphatic heterocycles. The Hall–Kier alpha value is -3.22. The predicted molar refractivity (Wildman–Crippen MR) is 119 cm³/mol. The van der Waals surface area contributed by atoms with E-state index >= 15 is 0 Å². The molecule has 0 radical (unpaired) electrons. The Bertz CT molecular complexity index is 1130. The Kier molecular flexibility index (Phi) is 5.17. The van der Waals surface area contributed by atoms with Crippen LogP contribution >= 0.6 is 0 Å². The molecule has 1 N–H and O–H groups in total. The topological polar surface area (TPSA) is 55.2 Å². The molecule has 3 heterocycles. The van der Waals surface area contributed by atoms with Crippen molar-refractivity contribution in [3.8, 4) is 5.69 Å². The minimum absolute atomic E-state index is 0.593. The summed E-state index contributed by atoms with van der Waals surface area (Å²) in [6.07, 6.45) is 3.91. The van der Waals surface area contributed by atoms with Gasteiger partial charge in [0.2, 0.25) is 5.95 Å². The van der Waals surface area contributed by atoms with Gasteiger partial charge >= 0.3 is 0 Å². The van der Waals surface area contributed by atoms with Gasteiger partial charge in [-0.05, 0) is 42.8 Å². The van der Waals surface area contributed by atoms with E-state index in [9.17, 15) is 0 Å². The lowest BCUT2D eigenvalue weighted by Gasteiger charge is -2.26. The van der Waals surface area contributed by atoms with Gasteiger partial charge in [0.05, 0.1) is 13.2 Å². The molecule has 0 spiro atoms.